The Balaban J connectivity index is 2.61. The molecule has 0 spiro atoms. The van der Waals surface area contributed by atoms with Crippen LogP contribution in [0.15, 0.2) is 24.3 Å². The van der Waals surface area contributed by atoms with Crippen LogP contribution in [-0.4, -0.2) is 49.5 Å². The molecule has 1 aromatic carbocycles. The molecule has 1 aromatic rings. The second-order valence-corrected chi connectivity index (χ2v) is 4.25. The van der Waals surface area contributed by atoms with Crippen LogP contribution in [0, 0.1) is 0 Å². The molecule has 0 saturated carbocycles. The Morgan fingerprint density at radius 2 is 1.81 bits per heavy atom. The van der Waals surface area contributed by atoms with E-state index in [-0.39, 0.29) is 25.7 Å². The predicted octanol–water partition coefficient (Wildman–Crippen LogP) is 0.186. The van der Waals surface area contributed by atoms with E-state index in [0.717, 1.165) is 0 Å². The number of primary amides is 1. The minimum Gasteiger partial charge on any atom is -0.484 e. The molecule has 0 bridgehead atoms. The first-order valence-corrected chi connectivity index (χ1v) is 6.36. The van der Waals surface area contributed by atoms with Crippen LogP contribution >= 0.6 is 0 Å². The number of esters is 1. The highest BCUT2D eigenvalue weighted by Gasteiger charge is 2.15. The van der Waals surface area contributed by atoms with Gasteiger partial charge in [0.1, 0.15) is 12.3 Å². The van der Waals surface area contributed by atoms with Gasteiger partial charge in [0.2, 0.25) is 0 Å². The minimum atomic E-state index is -0.579. The molecule has 0 heterocycles. The van der Waals surface area contributed by atoms with Crippen LogP contribution in [0.5, 0.6) is 5.75 Å². The smallest absolute Gasteiger partial charge is 0.325 e. The SMILES string of the molecule is CCOC(=O)CN(C)C(=O)c1ccc(OCC(N)=O)cc1. The average molecular weight is 294 g/mol. The second-order valence-electron chi connectivity index (χ2n) is 4.25. The third kappa shape index (κ3) is 5.52. The maximum atomic E-state index is 12.1. The second kappa shape index (κ2) is 7.88. The van der Waals surface area contributed by atoms with E-state index in [4.69, 9.17) is 15.2 Å². The standard InChI is InChI=1S/C14H18N2O5/c1-3-20-13(18)8-16(2)14(19)10-4-6-11(7-5-10)21-9-12(15)17/h4-7H,3,8-9H2,1-2H3,(H2,15,17). The van der Waals surface area contributed by atoms with Gasteiger partial charge in [0.25, 0.3) is 11.8 Å². The maximum Gasteiger partial charge on any atom is 0.325 e. The predicted molar refractivity (Wildman–Crippen MR) is 74.7 cm³/mol. The molecule has 0 fully saturated rings. The number of nitrogens with two attached hydrogens (primary N) is 1. The summed E-state index contributed by atoms with van der Waals surface area (Å²) in [6.45, 7) is 1.62. The summed E-state index contributed by atoms with van der Waals surface area (Å²) >= 11 is 0. The van der Waals surface area contributed by atoms with E-state index >= 15 is 0 Å². The number of benzene rings is 1. The summed E-state index contributed by atoms with van der Waals surface area (Å²) < 4.78 is 9.86. The van der Waals surface area contributed by atoms with Gasteiger partial charge in [-0.25, -0.2) is 0 Å². The molecule has 0 radical (unpaired) electrons. The molecule has 0 atom stereocenters. The topological polar surface area (TPSA) is 98.9 Å². The van der Waals surface area contributed by atoms with Crippen LogP contribution in [0.1, 0.15) is 17.3 Å². The Kier molecular flexibility index (Phi) is 6.19. The molecule has 2 amide bonds. The summed E-state index contributed by atoms with van der Waals surface area (Å²) in [6, 6.07) is 6.18. The third-order valence-electron chi connectivity index (χ3n) is 2.50. The molecule has 0 aliphatic rings. The quantitative estimate of drug-likeness (QED) is 0.723. The van der Waals surface area contributed by atoms with Gasteiger partial charge < -0.3 is 20.1 Å². The first kappa shape index (κ1) is 16.5. The van der Waals surface area contributed by atoms with Crippen molar-refractivity contribution in [2.24, 2.45) is 5.73 Å². The lowest BCUT2D eigenvalue weighted by molar-refractivity contribution is -0.143. The first-order chi connectivity index (χ1) is 9.93. The molecule has 0 saturated heterocycles. The van der Waals surface area contributed by atoms with Gasteiger partial charge in [0.05, 0.1) is 6.61 Å². The number of hydrogen-bond acceptors (Lipinski definition) is 5. The Morgan fingerprint density at radius 1 is 1.19 bits per heavy atom. The van der Waals surface area contributed by atoms with E-state index in [1.54, 1.807) is 31.2 Å². The molecule has 21 heavy (non-hydrogen) atoms. The molecule has 114 valence electrons. The van der Waals surface area contributed by atoms with Gasteiger partial charge in [0, 0.05) is 12.6 Å². The summed E-state index contributed by atoms with van der Waals surface area (Å²) in [4.78, 5) is 35.2. The molecule has 7 heteroatoms. The van der Waals surface area contributed by atoms with Crippen molar-refractivity contribution in [1.29, 1.82) is 0 Å². The van der Waals surface area contributed by atoms with Crippen LogP contribution < -0.4 is 10.5 Å². The average Bonchev–Trinajstić information content (AvgIpc) is 2.45. The Bertz CT molecular complexity index is 513. The number of amides is 2. The highest BCUT2D eigenvalue weighted by atomic mass is 16.5. The normalized spacial score (nSPS) is 9.81. The number of ether oxygens (including phenoxy) is 2. The zero-order valence-electron chi connectivity index (χ0n) is 12.0. The van der Waals surface area contributed by atoms with Gasteiger partial charge in [-0.1, -0.05) is 0 Å². The molecule has 1 rings (SSSR count). The van der Waals surface area contributed by atoms with Gasteiger partial charge in [-0.15, -0.1) is 0 Å². The summed E-state index contributed by atoms with van der Waals surface area (Å²) in [5.41, 5.74) is 5.36. The van der Waals surface area contributed by atoms with Crippen molar-refractivity contribution in [2.75, 3.05) is 26.8 Å². The van der Waals surface area contributed by atoms with Crippen molar-refractivity contribution in [1.82, 2.24) is 4.90 Å². The summed E-state index contributed by atoms with van der Waals surface area (Å²) in [6.07, 6.45) is 0. The van der Waals surface area contributed by atoms with Crippen LogP contribution in [0.4, 0.5) is 0 Å². The summed E-state index contributed by atoms with van der Waals surface area (Å²) in [5.74, 6) is -0.929. The zero-order chi connectivity index (χ0) is 15.8. The molecular formula is C14H18N2O5. The number of carbonyl (C=O) groups excluding carboxylic acids is 3. The van der Waals surface area contributed by atoms with Crippen molar-refractivity contribution in [3.63, 3.8) is 0 Å². The molecule has 0 aliphatic heterocycles. The summed E-state index contributed by atoms with van der Waals surface area (Å²) in [7, 11) is 1.51. The van der Waals surface area contributed by atoms with Crippen molar-refractivity contribution < 1.29 is 23.9 Å². The molecule has 0 aliphatic carbocycles. The first-order valence-electron chi connectivity index (χ1n) is 6.36. The number of likely N-dealkylation sites (N-methyl/N-ethyl adjacent to an activating group) is 1. The minimum absolute atomic E-state index is 0.118. The number of carbonyl (C=O) groups is 3. The fraction of sp³-hybridized carbons (Fsp3) is 0.357. The van der Waals surface area contributed by atoms with Gasteiger partial charge in [-0.05, 0) is 31.2 Å². The fourth-order valence-corrected chi connectivity index (χ4v) is 1.54. The highest BCUT2D eigenvalue weighted by molar-refractivity contribution is 5.95. The van der Waals surface area contributed by atoms with Crippen molar-refractivity contribution >= 4 is 17.8 Å². The van der Waals surface area contributed by atoms with E-state index in [9.17, 15) is 14.4 Å². The van der Waals surface area contributed by atoms with Crippen LogP contribution in [0.2, 0.25) is 0 Å². The summed E-state index contributed by atoms with van der Waals surface area (Å²) in [5, 5.41) is 0. The van der Waals surface area contributed by atoms with Gasteiger partial charge in [0.15, 0.2) is 6.61 Å². The lowest BCUT2D eigenvalue weighted by Crippen LogP contribution is -2.33. The van der Waals surface area contributed by atoms with E-state index < -0.39 is 11.9 Å². The Hall–Kier alpha value is -2.57. The van der Waals surface area contributed by atoms with Crippen LogP contribution in [0.3, 0.4) is 0 Å². The van der Waals surface area contributed by atoms with E-state index in [1.165, 1.54) is 11.9 Å². The molecule has 0 unspecified atom stereocenters. The molecular weight excluding hydrogens is 276 g/mol. The third-order valence-corrected chi connectivity index (χ3v) is 2.50. The van der Waals surface area contributed by atoms with E-state index in [0.29, 0.717) is 11.3 Å². The van der Waals surface area contributed by atoms with Gasteiger partial charge in [-0.2, -0.15) is 0 Å². The molecule has 7 nitrogen and oxygen atoms in total. The Morgan fingerprint density at radius 3 is 2.33 bits per heavy atom. The lowest BCUT2D eigenvalue weighted by atomic mass is 10.2. The van der Waals surface area contributed by atoms with Crippen LogP contribution in [-0.2, 0) is 14.3 Å². The van der Waals surface area contributed by atoms with E-state index in [1.807, 2.05) is 0 Å². The van der Waals surface area contributed by atoms with E-state index in [2.05, 4.69) is 0 Å². The fourth-order valence-electron chi connectivity index (χ4n) is 1.54. The van der Waals surface area contributed by atoms with Gasteiger partial charge >= 0.3 is 5.97 Å². The maximum absolute atomic E-state index is 12.1. The largest absolute Gasteiger partial charge is 0.484 e. The van der Waals surface area contributed by atoms with Crippen molar-refractivity contribution in [3.8, 4) is 5.75 Å². The number of nitrogens with zero attached hydrogens (tertiary/aromatic N) is 1. The van der Waals surface area contributed by atoms with Crippen molar-refractivity contribution in [2.45, 2.75) is 6.92 Å². The number of hydrogen-bond donors (Lipinski definition) is 1. The lowest BCUT2D eigenvalue weighted by Gasteiger charge is -2.16. The monoisotopic (exact) mass is 294 g/mol. The van der Waals surface area contributed by atoms with Crippen LogP contribution in [0.25, 0.3) is 0 Å². The highest BCUT2D eigenvalue weighted by Crippen LogP contribution is 2.13. The van der Waals surface area contributed by atoms with Gasteiger partial charge in [-0.3, -0.25) is 14.4 Å². The molecule has 0 aromatic heterocycles. The molecule has 2 N–H and O–H groups in total. The zero-order valence-corrected chi connectivity index (χ0v) is 12.0. The Labute approximate surface area is 122 Å². The number of rotatable bonds is 7. The van der Waals surface area contributed by atoms with Crippen molar-refractivity contribution in [3.05, 3.63) is 29.8 Å².